The van der Waals surface area contributed by atoms with Crippen LogP contribution < -0.4 is 0 Å². The summed E-state index contributed by atoms with van der Waals surface area (Å²) >= 11 is 0. The normalized spacial score (nSPS) is 29.8. The van der Waals surface area contributed by atoms with Crippen molar-refractivity contribution >= 4 is 7.48 Å². The standard InChI is InChI=1S/C7H15BO/c1-6(2)5-8-9-7(6,3)4/h8H,5H2,1-4H3. The van der Waals surface area contributed by atoms with Crippen molar-refractivity contribution in [1.29, 1.82) is 0 Å². The molecule has 0 aliphatic carbocycles. The first kappa shape index (κ1) is 7.14. The molecule has 1 heterocycles. The van der Waals surface area contributed by atoms with Crippen LogP contribution in [-0.4, -0.2) is 13.1 Å². The molecule has 1 aliphatic rings. The van der Waals surface area contributed by atoms with Gasteiger partial charge in [0.05, 0.1) is 0 Å². The molecule has 1 rings (SSSR count). The summed E-state index contributed by atoms with van der Waals surface area (Å²) < 4.78 is 5.56. The predicted octanol–water partition coefficient (Wildman–Crippen LogP) is 1.59. The maximum Gasteiger partial charge on any atom is 0.276 e. The van der Waals surface area contributed by atoms with Gasteiger partial charge in [0.2, 0.25) is 0 Å². The second-order valence-corrected chi connectivity index (χ2v) is 3.99. The smallest absolute Gasteiger partial charge is 0.276 e. The van der Waals surface area contributed by atoms with Crippen LogP contribution in [-0.2, 0) is 4.65 Å². The second kappa shape index (κ2) is 1.75. The lowest BCUT2D eigenvalue weighted by atomic mass is 9.72. The minimum absolute atomic E-state index is 0.0903. The van der Waals surface area contributed by atoms with Gasteiger partial charge in [-0.2, -0.15) is 0 Å². The van der Waals surface area contributed by atoms with Gasteiger partial charge in [-0.25, -0.2) is 0 Å². The summed E-state index contributed by atoms with van der Waals surface area (Å²) in [5.74, 6) is 0. The average Bonchev–Trinajstić information content (AvgIpc) is 1.81. The lowest BCUT2D eigenvalue weighted by Crippen LogP contribution is -2.34. The van der Waals surface area contributed by atoms with Gasteiger partial charge >= 0.3 is 0 Å². The Bertz CT molecular complexity index is 104. The zero-order chi connectivity index (χ0) is 7.12. The Hall–Kier alpha value is 0.0249. The van der Waals surface area contributed by atoms with Crippen LogP contribution in [0.5, 0.6) is 0 Å². The summed E-state index contributed by atoms with van der Waals surface area (Å²) in [7, 11) is 0.931. The third-order valence-electron chi connectivity index (χ3n) is 2.82. The summed E-state index contributed by atoms with van der Waals surface area (Å²) in [5, 5.41) is 0. The van der Waals surface area contributed by atoms with Gasteiger partial charge in [0.1, 0.15) is 0 Å². The van der Waals surface area contributed by atoms with Crippen molar-refractivity contribution in [3.05, 3.63) is 0 Å². The van der Waals surface area contributed by atoms with E-state index in [9.17, 15) is 0 Å². The molecule has 9 heavy (non-hydrogen) atoms. The zero-order valence-electron chi connectivity index (χ0n) is 6.82. The summed E-state index contributed by atoms with van der Waals surface area (Å²) in [6.07, 6.45) is 1.19. The fourth-order valence-corrected chi connectivity index (χ4v) is 1.06. The monoisotopic (exact) mass is 126 g/mol. The Labute approximate surface area is 58.1 Å². The van der Waals surface area contributed by atoms with Gasteiger partial charge < -0.3 is 4.65 Å². The highest BCUT2D eigenvalue weighted by molar-refractivity contribution is 6.28. The number of hydrogen-bond donors (Lipinski definition) is 0. The quantitative estimate of drug-likeness (QED) is 0.448. The minimum Gasteiger partial charge on any atom is -0.434 e. The Morgan fingerprint density at radius 2 is 1.78 bits per heavy atom. The second-order valence-electron chi connectivity index (χ2n) is 3.99. The molecule has 0 N–H and O–H groups in total. The van der Waals surface area contributed by atoms with Gasteiger partial charge in [0.25, 0.3) is 7.48 Å². The van der Waals surface area contributed by atoms with E-state index in [0.717, 1.165) is 7.48 Å². The van der Waals surface area contributed by atoms with Gasteiger partial charge in [-0.3, -0.25) is 0 Å². The molecule has 1 aliphatic heterocycles. The van der Waals surface area contributed by atoms with Gasteiger partial charge in [-0.05, 0) is 25.6 Å². The fourth-order valence-electron chi connectivity index (χ4n) is 1.06. The molecule has 2 heteroatoms. The van der Waals surface area contributed by atoms with E-state index in [0.29, 0.717) is 5.41 Å². The largest absolute Gasteiger partial charge is 0.434 e. The molecule has 1 fully saturated rings. The Morgan fingerprint density at radius 3 is 1.89 bits per heavy atom. The zero-order valence-corrected chi connectivity index (χ0v) is 6.82. The van der Waals surface area contributed by atoms with Crippen LogP contribution in [0.15, 0.2) is 0 Å². The molecule has 0 amide bonds. The van der Waals surface area contributed by atoms with Crippen LogP contribution in [0.25, 0.3) is 0 Å². The molecule has 0 aromatic rings. The topological polar surface area (TPSA) is 9.23 Å². The SMILES string of the molecule is CC1(C)CBOC1(C)C. The van der Waals surface area contributed by atoms with Gasteiger partial charge in [-0.15, -0.1) is 0 Å². The van der Waals surface area contributed by atoms with E-state index in [2.05, 4.69) is 27.7 Å². The molecule has 0 unspecified atom stereocenters. The maximum absolute atomic E-state index is 5.56. The van der Waals surface area contributed by atoms with Gasteiger partial charge in [0.15, 0.2) is 0 Å². The van der Waals surface area contributed by atoms with E-state index < -0.39 is 0 Å². The van der Waals surface area contributed by atoms with Gasteiger partial charge in [0, 0.05) is 5.60 Å². The molecule has 0 atom stereocenters. The Morgan fingerprint density at radius 1 is 1.22 bits per heavy atom. The highest BCUT2D eigenvalue weighted by Crippen LogP contribution is 2.41. The first-order valence-electron chi connectivity index (χ1n) is 3.60. The molecular formula is C7H15BO. The molecule has 0 aromatic carbocycles. The van der Waals surface area contributed by atoms with Crippen LogP contribution in [0.3, 0.4) is 0 Å². The fraction of sp³-hybridized carbons (Fsp3) is 1.00. The Kier molecular flexibility index (Phi) is 1.39. The number of rotatable bonds is 0. The number of hydrogen-bond acceptors (Lipinski definition) is 1. The molecular weight excluding hydrogens is 111 g/mol. The molecule has 1 nitrogen and oxygen atoms in total. The van der Waals surface area contributed by atoms with E-state index in [-0.39, 0.29) is 5.60 Å². The van der Waals surface area contributed by atoms with Crippen LogP contribution >= 0.6 is 0 Å². The summed E-state index contributed by atoms with van der Waals surface area (Å²) in [4.78, 5) is 0. The molecule has 0 aromatic heterocycles. The molecule has 0 spiro atoms. The summed E-state index contributed by atoms with van der Waals surface area (Å²) in [6, 6.07) is 0. The first-order valence-corrected chi connectivity index (χ1v) is 3.60. The van der Waals surface area contributed by atoms with E-state index >= 15 is 0 Å². The third kappa shape index (κ3) is 1.01. The van der Waals surface area contributed by atoms with E-state index in [4.69, 9.17) is 4.65 Å². The average molecular weight is 126 g/mol. The molecule has 0 radical (unpaired) electrons. The van der Waals surface area contributed by atoms with Crippen molar-refractivity contribution in [3.8, 4) is 0 Å². The Balaban J connectivity index is 2.75. The third-order valence-corrected chi connectivity index (χ3v) is 2.82. The van der Waals surface area contributed by atoms with E-state index in [1.165, 1.54) is 6.32 Å². The van der Waals surface area contributed by atoms with Gasteiger partial charge in [-0.1, -0.05) is 13.8 Å². The minimum atomic E-state index is 0.0903. The maximum atomic E-state index is 5.56. The first-order chi connectivity index (χ1) is 3.96. The summed E-state index contributed by atoms with van der Waals surface area (Å²) in [5.41, 5.74) is 0.458. The lowest BCUT2D eigenvalue weighted by molar-refractivity contribution is 0.0395. The van der Waals surface area contributed by atoms with Crippen molar-refractivity contribution in [2.75, 3.05) is 0 Å². The van der Waals surface area contributed by atoms with Crippen molar-refractivity contribution in [2.45, 2.75) is 39.6 Å². The van der Waals surface area contributed by atoms with Crippen LogP contribution in [0.2, 0.25) is 6.32 Å². The highest BCUT2D eigenvalue weighted by Gasteiger charge is 2.42. The highest BCUT2D eigenvalue weighted by atomic mass is 16.5. The van der Waals surface area contributed by atoms with Crippen molar-refractivity contribution in [2.24, 2.45) is 5.41 Å². The molecule has 0 bridgehead atoms. The summed E-state index contributed by atoms with van der Waals surface area (Å²) in [6.45, 7) is 8.86. The van der Waals surface area contributed by atoms with Crippen molar-refractivity contribution in [3.63, 3.8) is 0 Å². The van der Waals surface area contributed by atoms with Crippen LogP contribution in [0, 0.1) is 5.41 Å². The van der Waals surface area contributed by atoms with E-state index in [1.807, 2.05) is 0 Å². The molecule has 52 valence electrons. The molecule has 1 saturated heterocycles. The van der Waals surface area contributed by atoms with Crippen molar-refractivity contribution in [1.82, 2.24) is 0 Å². The molecule has 0 saturated carbocycles. The van der Waals surface area contributed by atoms with Crippen molar-refractivity contribution < 1.29 is 4.65 Å². The van der Waals surface area contributed by atoms with E-state index in [1.54, 1.807) is 0 Å². The lowest BCUT2D eigenvalue weighted by Gasteiger charge is -2.34. The van der Waals surface area contributed by atoms with Crippen LogP contribution in [0.4, 0.5) is 0 Å². The van der Waals surface area contributed by atoms with Crippen LogP contribution in [0.1, 0.15) is 27.7 Å². The predicted molar refractivity (Wildman–Crippen MR) is 40.9 cm³/mol.